The van der Waals surface area contributed by atoms with Crippen molar-refractivity contribution in [2.45, 2.75) is 13.0 Å². The summed E-state index contributed by atoms with van der Waals surface area (Å²) in [7, 11) is -3.31. The van der Waals surface area contributed by atoms with Crippen molar-refractivity contribution in [2.75, 3.05) is 11.0 Å². The molecule has 1 atom stereocenters. The van der Waals surface area contributed by atoms with Gasteiger partial charge in [0.1, 0.15) is 5.58 Å². The van der Waals surface area contributed by atoms with Crippen LogP contribution < -0.4 is 10.0 Å². The summed E-state index contributed by atoms with van der Waals surface area (Å²) in [4.78, 5) is 12.4. The van der Waals surface area contributed by atoms with Gasteiger partial charge >= 0.3 is 0 Å². The molecule has 130 valence electrons. The molecule has 0 spiro atoms. The normalized spacial score (nSPS) is 12.7. The zero-order chi connectivity index (χ0) is 18.0. The van der Waals surface area contributed by atoms with Crippen LogP contribution in [0.15, 0.2) is 59.0 Å². The lowest BCUT2D eigenvalue weighted by atomic mass is 10.1. The van der Waals surface area contributed by atoms with Crippen molar-refractivity contribution in [1.82, 2.24) is 5.32 Å². The van der Waals surface area contributed by atoms with E-state index in [1.807, 2.05) is 31.2 Å². The SMILES string of the molecule is CC(NC(=O)c1cc2ccccc2o1)c1ccc(NS(C)(=O)=O)cc1. The predicted molar refractivity (Wildman–Crippen MR) is 97.0 cm³/mol. The van der Waals surface area contributed by atoms with Crippen LogP contribution in [0.25, 0.3) is 11.0 Å². The third-order valence-electron chi connectivity index (χ3n) is 3.71. The second-order valence-electron chi connectivity index (χ2n) is 5.84. The summed E-state index contributed by atoms with van der Waals surface area (Å²) in [5, 5.41) is 3.74. The fourth-order valence-electron chi connectivity index (χ4n) is 2.50. The minimum Gasteiger partial charge on any atom is -0.451 e. The Morgan fingerprint density at radius 2 is 1.76 bits per heavy atom. The van der Waals surface area contributed by atoms with Crippen molar-refractivity contribution >= 4 is 32.6 Å². The molecule has 1 unspecified atom stereocenters. The molecule has 1 heterocycles. The summed E-state index contributed by atoms with van der Waals surface area (Å²) in [5.41, 5.74) is 1.99. The van der Waals surface area contributed by atoms with E-state index in [9.17, 15) is 13.2 Å². The fourth-order valence-corrected chi connectivity index (χ4v) is 3.06. The van der Waals surface area contributed by atoms with Crippen LogP contribution in [0.2, 0.25) is 0 Å². The molecule has 0 aliphatic rings. The Balaban J connectivity index is 1.70. The molecule has 0 saturated heterocycles. The second kappa shape index (κ2) is 6.60. The molecule has 3 aromatic rings. The first kappa shape index (κ1) is 17.0. The van der Waals surface area contributed by atoms with Crippen LogP contribution in [-0.4, -0.2) is 20.6 Å². The van der Waals surface area contributed by atoms with Crippen LogP contribution in [0.4, 0.5) is 5.69 Å². The van der Waals surface area contributed by atoms with Crippen LogP contribution in [-0.2, 0) is 10.0 Å². The van der Waals surface area contributed by atoms with E-state index in [4.69, 9.17) is 4.42 Å². The quantitative estimate of drug-likeness (QED) is 0.732. The van der Waals surface area contributed by atoms with Gasteiger partial charge in [-0.05, 0) is 36.8 Å². The van der Waals surface area contributed by atoms with Crippen molar-refractivity contribution in [3.63, 3.8) is 0 Å². The molecule has 6 nitrogen and oxygen atoms in total. The molecule has 3 rings (SSSR count). The third kappa shape index (κ3) is 4.19. The van der Waals surface area contributed by atoms with Crippen LogP contribution in [0.3, 0.4) is 0 Å². The number of sulfonamides is 1. The molecule has 0 aliphatic heterocycles. The zero-order valence-corrected chi connectivity index (χ0v) is 14.6. The number of para-hydroxylation sites is 1. The van der Waals surface area contributed by atoms with Gasteiger partial charge in [0.05, 0.1) is 12.3 Å². The highest BCUT2D eigenvalue weighted by Gasteiger charge is 2.15. The minimum atomic E-state index is -3.31. The van der Waals surface area contributed by atoms with Crippen LogP contribution in [0.1, 0.15) is 29.1 Å². The first-order valence-corrected chi connectivity index (χ1v) is 9.58. The second-order valence-corrected chi connectivity index (χ2v) is 7.59. The van der Waals surface area contributed by atoms with Gasteiger partial charge < -0.3 is 9.73 Å². The van der Waals surface area contributed by atoms with E-state index in [1.54, 1.807) is 30.3 Å². The lowest BCUT2D eigenvalue weighted by Crippen LogP contribution is -2.26. The Morgan fingerprint density at radius 1 is 1.08 bits per heavy atom. The molecule has 7 heteroatoms. The van der Waals surface area contributed by atoms with E-state index >= 15 is 0 Å². The van der Waals surface area contributed by atoms with E-state index in [0.717, 1.165) is 17.2 Å². The molecule has 0 aliphatic carbocycles. The Kier molecular flexibility index (Phi) is 4.50. The molecular formula is C18H18N2O4S. The topological polar surface area (TPSA) is 88.4 Å². The predicted octanol–water partition coefficient (Wildman–Crippen LogP) is 3.30. The Morgan fingerprint density at radius 3 is 2.40 bits per heavy atom. The molecule has 0 radical (unpaired) electrons. The van der Waals surface area contributed by atoms with Crippen LogP contribution in [0.5, 0.6) is 0 Å². The van der Waals surface area contributed by atoms with E-state index < -0.39 is 10.0 Å². The summed E-state index contributed by atoms with van der Waals surface area (Å²) in [6.45, 7) is 1.85. The van der Waals surface area contributed by atoms with Gasteiger partial charge in [0.15, 0.2) is 5.76 Å². The highest BCUT2D eigenvalue weighted by Crippen LogP contribution is 2.21. The molecule has 2 N–H and O–H groups in total. The van der Waals surface area contributed by atoms with Crippen LogP contribution in [0, 0.1) is 0 Å². The van der Waals surface area contributed by atoms with Gasteiger partial charge in [-0.1, -0.05) is 30.3 Å². The smallest absolute Gasteiger partial charge is 0.287 e. The van der Waals surface area contributed by atoms with E-state index in [-0.39, 0.29) is 17.7 Å². The number of hydrogen-bond donors (Lipinski definition) is 2. The van der Waals surface area contributed by atoms with Gasteiger partial charge in [0.25, 0.3) is 5.91 Å². The minimum absolute atomic E-state index is 0.253. The van der Waals surface area contributed by atoms with Crippen molar-refractivity contribution < 1.29 is 17.6 Å². The number of amides is 1. The molecule has 0 bridgehead atoms. The first-order chi connectivity index (χ1) is 11.8. The zero-order valence-electron chi connectivity index (χ0n) is 13.8. The maximum absolute atomic E-state index is 12.4. The summed E-state index contributed by atoms with van der Waals surface area (Å²) < 4.78 is 30.4. The highest BCUT2D eigenvalue weighted by atomic mass is 32.2. The molecule has 1 aromatic heterocycles. The van der Waals surface area contributed by atoms with Gasteiger partial charge in [0, 0.05) is 11.1 Å². The van der Waals surface area contributed by atoms with Crippen molar-refractivity contribution in [2.24, 2.45) is 0 Å². The van der Waals surface area contributed by atoms with Gasteiger partial charge in [-0.25, -0.2) is 8.42 Å². The summed E-state index contributed by atoms with van der Waals surface area (Å²) in [6.07, 6.45) is 1.09. The molecule has 25 heavy (non-hydrogen) atoms. The third-order valence-corrected chi connectivity index (χ3v) is 4.32. The van der Waals surface area contributed by atoms with Crippen molar-refractivity contribution in [1.29, 1.82) is 0 Å². The molecule has 0 fully saturated rings. The number of carbonyl (C=O) groups is 1. The maximum atomic E-state index is 12.4. The molecule has 0 saturated carbocycles. The van der Waals surface area contributed by atoms with Crippen molar-refractivity contribution in [3.05, 3.63) is 65.9 Å². The molecular weight excluding hydrogens is 340 g/mol. The number of anilines is 1. The number of hydrogen-bond acceptors (Lipinski definition) is 4. The Labute approximate surface area is 145 Å². The lowest BCUT2D eigenvalue weighted by molar-refractivity contribution is 0.0914. The van der Waals surface area contributed by atoms with Gasteiger partial charge in [0.2, 0.25) is 10.0 Å². The number of fused-ring (bicyclic) bond motifs is 1. The summed E-state index contributed by atoms with van der Waals surface area (Å²) in [5.74, 6) is -0.0505. The number of nitrogens with one attached hydrogen (secondary N) is 2. The van der Waals surface area contributed by atoms with Crippen LogP contribution >= 0.6 is 0 Å². The fraction of sp³-hybridized carbons (Fsp3) is 0.167. The Hall–Kier alpha value is -2.80. The average molecular weight is 358 g/mol. The number of benzene rings is 2. The summed E-state index contributed by atoms with van der Waals surface area (Å²) >= 11 is 0. The van der Waals surface area contributed by atoms with Gasteiger partial charge in [-0.2, -0.15) is 0 Å². The molecule has 1 amide bonds. The van der Waals surface area contributed by atoms with E-state index in [2.05, 4.69) is 10.0 Å². The molecule has 2 aromatic carbocycles. The van der Waals surface area contributed by atoms with E-state index in [0.29, 0.717) is 11.3 Å². The van der Waals surface area contributed by atoms with Gasteiger partial charge in [-0.3, -0.25) is 9.52 Å². The lowest BCUT2D eigenvalue weighted by Gasteiger charge is -2.14. The van der Waals surface area contributed by atoms with Gasteiger partial charge in [-0.15, -0.1) is 0 Å². The average Bonchev–Trinajstić information content (AvgIpc) is 2.98. The monoisotopic (exact) mass is 358 g/mol. The Bertz CT molecular complexity index is 974. The maximum Gasteiger partial charge on any atom is 0.287 e. The summed E-state index contributed by atoms with van der Waals surface area (Å²) in [6, 6.07) is 15.7. The number of carbonyl (C=O) groups excluding carboxylic acids is 1. The van der Waals surface area contributed by atoms with Crippen molar-refractivity contribution in [3.8, 4) is 0 Å². The highest BCUT2D eigenvalue weighted by molar-refractivity contribution is 7.92. The van der Waals surface area contributed by atoms with E-state index in [1.165, 1.54) is 0 Å². The number of rotatable bonds is 5. The first-order valence-electron chi connectivity index (χ1n) is 7.69. The number of furan rings is 1. The largest absolute Gasteiger partial charge is 0.451 e. The standard InChI is InChI=1S/C18H18N2O4S/c1-12(13-7-9-15(10-8-13)20-25(2,22)23)19-18(21)17-11-14-5-3-4-6-16(14)24-17/h3-12,20H,1-2H3,(H,19,21).